The van der Waals surface area contributed by atoms with Crippen molar-refractivity contribution in [1.82, 2.24) is 4.90 Å². The number of ether oxygens (including phenoxy) is 1. The van der Waals surface area contributed by atoms with E-state index in [2.05, 4.69) is 13.2 Å². The molecule has 4 nitrogen and oxygen atoms in total. The van der Waals surface area contributed by atoms with Crippen LogP contribution in [0.25, 0.3) is 0 Å². The standard InChI is InChI=1S/C11H16ClNO3/c1-4-6-7-13(10(14)8-12)9(3)11(15)16-5-2/h4H,1,3,5-8H2,2H3. The number of carbonyl (C=O) groups excluding carboxylic acids is 2. The van der Waals surface area contributed by atoms with Crippen molar-refractivity contribution in [2.45, 2.75) is 13.3 Å². The van der Waals surface area contributed by atoms with Crippen LogP contribution in [0.1, 0.15) is 13.3 Å². The molecule has 16 heavy (non-hydrogen) atoms. The van der Waals surface area contributed by atoms with Gasteiger partial charge in [-0.3, -0.25) is 4.79 Å². The molecule has 0 spiro atoms. The van der Waals surface area contributed by atoms with Gasteiger partial charge in [0.05, 0.1) is 6.61 Å². The molecule has 0 aromatic heterocycles. The molecule has 0 fully saturated rings. The van der Waals surface area contributed by atoms with Crippen LogP contribution >= 0.6 is 11.6 Å². The van der Waals surface area contributed by atoms with Crippen molar-refractivity contribution < 1.29 is 14.3 Å². The second-order valence-corrected chi connectivity index (χ2v) is 3.19. The van der Waals surface area contributed by atoms with E-state index in [0.717, 1.165) is 0 Å². The Labute approximate surface area is 101 Å². The van der Waals surface area contributed by atoms with Gasteiger partial charge in [0.2, 0.25) is 5.91 Å². The van der Waals surface area contributed by atoms with Crippen molar-refractivity contribution in [2.24, 2.45) is 0 Å². The van der Waals surface area contributed by atoms with Gasteiger partial charge in [-0.15, -0.1) is 18.2 Å². The summed E-state index contributed by atoms with van der Waals surface area (Å²) in [5.41, 5.74) is 0.00866. The molecule has 0 bridgehead atoms. The van der Waals surface area contributed by atoms with Gasteiger partial charge < -0.3 is 9.64 Å². The highest BCUT2D eigenvalue weighted by molar-refractivity contribution is 6.27. The highest BCUT2D eigenvalue weighted by Gasteiger charge is 2.21. The van der Waals surface area contributed by atoms with Gasteiger partial charge in [-0.25, -0.2) is 4.79 Å². The molecule has 0 radical (unpaired) electrons. The predicted molar refractivity (Wildman–Crippen MR) is 63.0 cm³/mol. The summed E-state index contributed by atoms with van der Waals surface area (Å²) in [5, 5.41) is 0. The fourth-order valence-corrected chi connectivity index (χ4v) is 1.17. The van der Waals surface area contributed by atoms with Gasteiger partial charge in [0.15, 0.2) is 0 Å². The first-order valence-corrected chi connectivity index (χ1v) is 5.45. The van der Waals surface area contributed by atoms with E-state index < -0.39 is 5.97 Å². The minimum Gasteiger partial charge on any atom is -0.461 e. The molecular formula is C11H16ClNO3. The minimum absolute atomic E-state index is 0.00866. The summed E-state index contributed by atoms with van der Waals surface area (Å²) in [6, 6.07) is 0. The Morgan fingerprint density at radius 3 is 2.56 bits per heavy atom. The fraction of sp³-hybridized carbons (Fsp3) is 0.455. The van der Waals surface area contributed by atoms with Gasteiger partial charge >= 0.3 is 5.97 Å². The Morgan fingerprint density at radius 2 is 2.12 bits per heavy atom. The maximum absolute atomic E-state index is 11.5. The predicted octanol–water partition coefficient (Wildman–Crippen LogP) is 1.71. The van der Waals surface area contributed by atoms with Gasteiger partial charge in [-0.2, -0.15) is 0 Å². The van der Waals surface area contributed by atoms with Gasteiger partial charge in [0.1, 0.15) is 11.6 Å². The molecule has 0 aliphatic heterocycles. The molecule has 0 atom stereocenters. The Kier molecular flexibility index (Phi) is 7.29. The zero-order valence-corrected chi connectivity index (χ0v) is 10.1. The van der Waals surface area contributed by atoms with E-state index in [1.54, 1.807) is 13.0 Å². The summed E-state index contributed by atoms with van der Waals surface area (Å²) < 4.78 is 4.76. The molecule has 90 valence electrons. The average Bonchev–Trinajstić information content (AvgIpc) is 2.29. The molecule has 0 rings (SSSR count). The summed E-state index contributed by atoms with van der Waals surface area (Å²) >= 11 is 5.44. The molecule has 5 heteroatoms. The number of carbonyl (C=O) groups is 2. The SMILES string of the molecule is C=CCCN(C(=C)C(=O)OCC)C(=O)CCl. The highest BCUT2D eigenvalue weighted by atomic mass is 35.5. The maximum atomic E-state index is 11.5. The van der Waals surface area contributed by atoms with E-state index in [0.29, 0.717) is 13.0 Å². The highest BCUT2D eigenvalue weighted by Crippen LogP contribution is 2.07. The minimum atomic E-state index is -0.606. The third-order valence-electron chi connectivity index (χ3n) is 1.81. The summed E-state index contributed by atoms with van der Waals surface area (Å²) in [4.78, 5) is 24.1. The molecule has 0 aromatic rings. The van der Waals surface area contributed by atoms with Crippen molar-refractivity contribution in [2.75, 3.05) is 19.0 Å². The third-order valence-corrected chi connectivity index (χ3v) is 2.04. The van der Waals surface area contributed by atoms with Crippen LogP contribution in [0.2, 0.25) is 0 Å². The molecule has 0 N–H and O–H groups in total. The Hall–Kier alpha value is -1.29. The van der Waals surface area contributed by atoms with E-state index in [4.69, 9.17) is 16.3 Å². The van der Waals surface area contributed by atoms with Crippen LogP contribution in [-0.2, 0) is 14.3 Å². The van der Waals surface area contributed by atoms with Crippen molar-refractivity contribution in [1.29, 1.82) is 0 Å². The van der Waals surface area contributed by atoms with Crippen molar-refractivity contribution in [3.63, 3.8) is 0 Å². The summed E-state index contributed by atoms with van der Waals surface area (Å²) in [6.07, 6.45) is 2.20. The summed E-state index contributed by atoms with van der Waals surface area (Å²) in [5.74, 6) is -1.18. The van der Waals surface area contributed by atoms with Gasteiger partial charge in [0, 0.05) is 6.54 Å². The van der Waals surface area contributed by atoms with Crippen LogP contribution in [0.15, 0.2) is 24.9 Å². The zero-order valence-electron chi connectivity index (χ0n) is 9.37. The average molecular weight is 246 g/mol. The van der Waals surface area contributed by atoms with E-state index >= 15 is 0 Å². The quantitative estimate of drug-likeness (QED) is 0.297. The fourth-order valence-electron chi connectivity index (χ4n) is 1.03. The number of alkyl halides is 1. The van der Waals surface area contributed by atoms with Crippen LogP contribution in [0.3, 0.4) is 0 Å². The van der Waals surface area contributed by atoms with Crippen molar-refractivity contribution in [3.05, 3.63) is 24.9 Å². The first kappa shape index (κ1) is 14.7. The number of rotatable bonds is 7. The van der Waals surface area contributed by atoms with Crippen molar-refractivity contribution >= 4 is 23.5 Å². The third kappa shape index (κ3) is 4.49. The molecule has 0 aromatic carbocycles. The molecule has 0 aliphatic carbocycles. The van der Waals surface area contributed by atoms with Crippen LogP contribution in [0.5, 0.6) is 0 Å². The molecule has 0 saturated carbocycles. The molecule has 0 saturated heterocycles. The first-order valence-electron chi connectivity index (χ1n) is 4.91. The number of hydrogen-bond donors (Lipinski definition) is 0. The lowest BCUT2D eigenvalue weighted by Crippen LogP contribution is -2.35. The largest absolute Gasteiger partial charge is 0.461 e. The van der Waals surface area contributed by atoms with Crippen LogP contribution < -0.4 is 0 Å². The Morgan fingerprint density at radius 1 is 1.50 bits per heavy atom. The topological polar surface area (TPSA) is 46.6 Å². The monoisotopic (exact) mass is 245 g/mol. The number of nitrogens with zero attached hydrogens (tertiary/aromatic N) is 1. The second kappa shape index (κ2) is 7.93. The number of hydrogen-bond acceptors (Lipinski definition) is 3. The summed E-state index contributed by atoms with van der Waals surface area (Å²) in [7, 11) is 0. The molecule has 0 aliphatic rings. The lowest BCUT2D eigenvalue weighted by molar-refractivity contribution is -0.143. The molecule has 0 heterocycles. The summed E-state index contributed by atoms with van der Waals surface area (Å²) in [6.45, 7) is 9.32. The lowest BCUT2D eigenvalue weighted by atomic mass is 10.3. The smallest absolute Gasteiger partial charge is 0.354 e. The molecule has 0 unspecified atom stereocenters. The van der Waals surface area contributed by atoms with Gasteiger partial charge in [-0.1, -0.05) is 12.7 Å². The van der Waals surface area contributed by atoms with E-state index in [9.17, 15) is 9.59 Å². The molecule has 1 amide bonds. The van der Waals surface area contributed by atoms with Gasteiger partial charge in [-0.05, 0) is 13.3 Å². The Bertz CT molecular complexity index is 289. The van der Waals surface area contributed by atoms with Crippen molar-refractivity contribution in [3.8, 4) is 0 Å². The number of amides is 1. The van der Waals surface area contributed by atoms with Crippen LogP contribution in [0, 0.1) is 0 Å². The van der Waals surface area contributed by atoms with Crippen LogP contribution in [0.4, 0.5) is 0 Å². The normalized spacial score (nSPS) is 9.38. The lowest BCUT2D eigenvalue weighted by Gasteiger charge is -2.21. The van der Waals surface area contributed by atoms with Gasteiger partial charge in [0.25, 0.3) is 0 Å². The van der Waals surface area contributed by atoms with E-state index in [1.807, 2.05) is 0 Å². The Balaban J connectivity index is 4.60. The van der Waals surface area contributed by atoms with E-state index in [1.165, 1.54) is 4.90 Å². The molecular weight excluding hydrogens is 230 g/mol. The van der Waals surface area contributed by atoms with E-state index in [-0.39, 0.29) is 24.1 Å². The number of esters is 1. The zero-order chi connectivity index (χ0) is 12.6. The van der Waals surface area contributed by atoms with Crippen LogP contribution in [-0.4, -0.2) is 35.8 Å². The number of halogens is 1. The maximum Gasteiger partial charge on any atom is 0.354 e. The second-order valence-electron chi connectivity index (χ2n) is 2.92. The first-order chi connectivity index (χ1) is 7.58.